The van der Waals surface area contributed by atoms with Gasteiger partial charge in [-0.2, -0.15) is 0 Å². The van der Waals surface area contributed by atoms with Gasteiger partial charge in [0.25, 0.3) is 5.91 Å². The largest absolute Gasteiger partial charge is 0.484 e. The van der Waals surface area contributed by atoms with Crippen LogP contribution in [0.4, 0.5) is 5.69 Å². The van der Waals surface area contributed by atoms with E-state index in [2.05, 4.69) is 40.4 Å². The van der Waals surface area contributed by atoms with Crippen LogP contribution in [0.2, 0.25) is 0 Å². The Hall–Kier alpha value is -2.53. The van der Waals surface area contributed by atoms with Gasteiger partial charge in [0.05, 0.1) is 6.04 Å². The summed E-state index contributed by atoms with van der Waals surface area (Å²) in [6.45, 7) is 5.97. The molecule has 31 heavy (non-hydrogen) atoms. The third-order valence-electron chi connectivity index (χ3n) is 6.62. The first-order valence-corrected chi connectivity index (χ1v) is 11.6. The predicted octanol–water partition coefficient (Wildman–Crippen LogP) is 4.10. The van der Waals surface area contributed by atoms with E-state index in [1.54, 1.807) is 0 Å². The maximum Gasteiger partial charge on any atom is 0.258 e. The molecule has 2 heterocycles. The molecule has 2 aliphatic heterocycles. The number of nitrogens with zero attached hydrogens (tertiary/aromatic N) is 2. The van der Waals surface area contributed by atoms with Gasteiger partial charge in [0.2, 0.25) is 0 Å². The molecule has 4 rings (SSSR count). The summed E-state index contributed by atoms with van der Waals surface area (Å²) in [5.74, 6) is 0.701. The molecule has 0 aromatic heterocycles. The predicted molar refractivity (Wildman–Crippen MR) is 126 cm³/mol. The third kappa shape index (κ3) is 5.40. The molecule has 1 saturated heterocycles. The number of nitrogens with one attached hydrogen (secondary N) is 1. The topological polar surface area (TPSA) is 44.8 Å². The molecule has 1 atom stereocenters. The van der Waals surface area contributed by atoms with Crippen LogP contribution in [0.5, 0.6) is 5.75 Å². The highest BCUT2D eigenvalue weighted by Crippen LogP contribution is 2.31. The number of hydrogen-bond acceptors (Lipinski definition) is 4. The lowest BCUT2D eigenvalue weighted by molar-refractivity contribution is -0.123. The van der Waals surface area contributed by atoms with Gasteiger partial charge in [-0.1, -0.05) is 36.8 Å². The summed E-state index contributed by atoms with van der Waals surface area (Å²) in [5.41, 5.74) is 5.14. The first kappa shape index (κ1) is 21.7. The maximum atomic E-state index is 12.6. The van der Waals surface area contributed by atoms with E-state index < -0.39 is 0 Å². The van der Waals surface area contributed by atoms with Gasteiger partial charge in [-0.05, 0) is 74.5 Å². The SMILES string of the molecule is Cc1ccccc1OCC(=O)NCC(c1ccc2c(c1)CCCN2C)N1CCCCC1. The van der Waals surface area contributed by atoms with Crippen LogP contribution in [-0.2, 0) is 11.2 Å². The highest BCUT2D eigenvalue weighted by molar-refractivity contribution is 5.77. The summed E-state index contributed by atoms with van der Waals surface area (Å²) in [5, 5.41) is 3.14. The average Bonchev–Trinajstić information content (AvgIpc) is 2.79. The van der Waals surface area contributed by atoms with Gasteiger partial charge in [0, 0.05) is 25.8 Å². The Balaban J connectivity index is 1.43. The summed E-state index contributed by atoms with van der Waals surface area (Å²) >= 11 is 0. The summed E-state index contributed by atoms with van der Waals surface area (Å²) in [4.78, 5) is 17.5. The standard InChI is InChI=1S/C26H35N3O2/c1-20-9-4-5-11-25(20)31-19-26(30)27-18-24(29-15-6-3-7-16-29)22-12-13-23-21(17-22)10-8-14-28(23)2/h4-5,9,11-13,17,24H,3,6-8,10,14-16,18-19H2,1-2H3,(H,27,30). The van der Waals surface area contributed by atoms with E-state index in [4.69, 9.17) is 4.74 Å². The third-order valence-corrected chi connectivity index (χ3v) is 6.62. The molecule has 1 amide bonds. The van der Waals surface area contributed by atoms with Crippen molar-refractivity contribution in [2.45, 2.75) is 45.1 Å². The van der Waals surface area contributed by atoms with Crippen LogP contribution in [0.15, 0.2) is 42.5 Å². The number of piperidine rings is 1. The molecule has 5 heteroatoms. The second-order valence-corrected chi connectivity index (χ2v) is 8.88. The van der Waals surface area contributed by atoms with E-state index in [0.717, 1.165) is 37.4 Å². The summed E-state index contributed by atoms with van der Waals surface area (Å²) in [7, 11) is 2.18. The van der Waals surface area contributed by atoms with Crippen molar-refractivity contribution in [2.75, 3.05) is 44.7 Å². The Kier molecular flexibility index (Phi) is 7.13. The Labute approximate surface area is 186 Å². The monoisotopic (exact) mass is 421 g/mol. The minimum absolute atomic E-state index is 0.0482. The molecule has 0 bridgehead atoms. The zero-order valence-electron chi connectivity index (χ0n) is 18.9. The van der Waals surface area contributed by atoms with E-state index in [1.807, 2.05) is 31.2 Å². The molecular weight excluding hydrogens is 386 g/mol. The first-order chi connectivity index (χ1) is 15.1. The molecule has 0 radical (unpaired) electrons. The van der Waals surface area contributed by atoms with Crippen molar-refractivity contribution in [1.82, 2.24) is 10.2 Å². The average molecular weight is 422 g/mol. The fraction of sp³-hybridized carbons (Fsp3) is 0.500. The molecule has 1 unspecified atom stereocenters. The molecule has 5 nitrogen and oxygen atoms in total. The van der Waals surface area contributed by atoms with Crippen LogP contribution in [0.3, 0.4) is 0 Å². The minimum Gasteiger partial charge on any atom is -0.484 e. The highest BCUT2D eigenvalue weighted by Gasteiger charge is 2.24. The van der Waals surface area contributed by atoms with Gasteiger partial charge >= 0.3 is 0 Å². The smallest absolute Gasteiger partial charge is 0.258 e. The molecule has 0 saturated carbocycles. The fourth-order valence-electron chi connectivity index (χ4n) is 4.82. The van der Waals surface area contributed by atoms with Gasteiger partial charge in [-0.3, -0.25) is 9.69 Å². The summed E-state index contributed by atoms with van der Waals surface area (Å²) < 4.78 is 5.74. The maximum absolute atomic E-state index is 12.6. The van der Waals surface area contributed by atoms with Crippen LogP contribution in [0, 0.1) is 6.92 Å². The van der Waals surface area contributed by atoms with Gasteiger partial charge in [0.1, 0.15) is 5.75 Å². The molecule has 2 aliphatic rings. The molecule has 1 fully saturated rings. The second kappa shape index (κ2) is 10.2. The first-order valence-electron chi connectivity index (χ1n) is 11.6. The van der Waals surface area contributed by atoms with Gasteiger partial charge in [0.15, 0.2) is 6.61 Å². The Morgan fingerprint density at radius 2 is 1.87 bits per heavy atom. The second-order valence-electron chi connectivity index (χ2n) is 8.88. The zero-order chi connectivity index (χ0) is 21.6. The Morgan fingerprint density at radius 3 is 2.68 bits per heavy atom. The molecular formula is C26H35N3O2. The number of hydrogen-bond donors (Lipinski definition) is 1. The lowest BCUT2D eigenvalue weighted by Crippen LogP contribution is -2.41. The minimum atomic E-state index is -0.0667. The number of carbonyl (C=O) groups is 1. The zero-order valence-corrected chi connectivity index (χ0v) is 18.9. The molecule has 1 N–H and O–H groups in total. The van der Waals surface area contributed by atoms with Gasteiger partial charge < -0.3 is 15.0 Å². The lowest BCUT2D eigenvalue weighted by Gasteiger charge is -2.36. The number of benzene rings is 2. The van der Waals surface area contributed by atoms with Crippen molar-refractivity contribution < 1.29 is 9.53 Å². The van der Waals surface area contributed by atoms with Crippen molar-refractivity contribution in [3.05, 3.63) is 59.2 Å². The Morgan fingerprint density at radius 1 is 1.06 bits per heavy atom. The summed E-state index contributed by atoms with van der Waals surface area (Å²) in [6.07, 6.45) is 6.10. The van der Waals surface area contributed by atoms with E-state index in [0.29, 0.717) is 6.54 Å². The molecule has 2 aromatic rings. The van der Waals surface area contributed by atoms with Crippen molar-refractivity contribution >= 4 is 11.6 Å². The number of para-hydroxylation sites is 1. The van der Waals surface area contributed by atoms with Crippen molar-refractivity contribution in [1.29, 1.82) is 0 Å². The highest BCUT2D eigenvalue weighted by atomic mass is 16.5. The number of amides is 1. The summed E-state index contributed by atoms with van der Waals surface area (Å²) in [6, 6.07) is 14.9. The molecule has 2 aromatic carbocycles. The molecule has 166 valence electrons. The normalized spacial score (nSPS) is 17.7. The lowest BCUT2D eigenvalue weighted by atomic mass is 9.95. The number of anilines is 1. The molecule has 0 spiro atoms. The van der Waals surface area contributed by atoms with Gasteiger partial charge in [-0.25, -0.2) is 0 Å². The fourth-order valence-corrected chi connectivity index (χ4v) is 4.82. The van der Waals surface area contributed by atoms with Crippen molar-refractivity contribution in [2.24, 2.45) is 0 Å². The van der Waals surface area contributed by atoms with Crippen LogP contribution >= 0.6 is 0 Å². The van der Waals surface area contributed by atoms with Crippen LogP contribution in [0.1, 0.15) is 48.4 Å². The van der Waals surface area contributed by atoms with Gasteiger partial charge in [-0.15, -0.1) is 0 Å². The van der Waals surface area contributed by atoms with Crippen LogP contribution in [-0.4, -0.2) is 50.6 Å². The van der Waals surface area contributed by atoms with Crippen molar-refractivity contribution in [3.63, 3.8) is 0 Å². The molecule has 0 aliphatic carbocycles. The van der Waals surface area contributed by atoms with Crippen LogP contribution in [0.25, 0.3) is 0 Å². The number of carbonyl (C=O) groups excluding carboxylic acids is 1. The quantitative estimate of drug-likeness (QED) is 0.731. The number of likely N-dealkylation sites (tertiary alicyclic amines) is 1. The van der Waals surface area contributed by atoms with E-state index in [9.17, 15) is 4.79 Å². The van der Waals surface area contributed by atoms with E-state index >= 15 is 0 Å². The van der Waals surface area contributed by atoms with Crippen LogP contribution < -0.4 is 15.0 Å². The van der Waals surface area contributed by atoms with Crippen molar-refractivity contribution in [3.8, 4) is 5.75 Å². The van der Waals surface area contributed by atoms with E-state index in [-0.39, 0.29) is 18.6 Å². The number of aryl methyl sites for hydroxylation is 2. The van der Waals surface area contributed by atoms with E-state index in [1.165, 1.54) is 42.5 Å². The number of ether oxygens (including phenoxy) is 1. The Bertz CT molecular complexity index is 892. The number of rotatable bonds is 7. The number of fused-ring (bicyclic) bond motifs is 1.